The van der Waals surface area contributed by atoms with Gasteiger partial charge < -0.3 is 10.2 Å². The maximum atomic E-state index is 12.3. The lowest BCUT2D eigenvalue weighted by molar-refractivity contribution is -0.138. The molecule has 0 aromatic rings. The zero-order chi connectivity index (χ0) is 10.9. The lowest BCUT2D eigenvalue weighted by atomic mass is 9.97. The van der Waals surface area contributed by atoms with E-state index >= 15 is 0 Å². The van der Waals surface area contributed by atoms with Crippen molar-refractivity contribution in [3.8, 4) is 0 Å². The van der Waals surface area contributed by atoms with Crippen LogP contribution in [0.5, 0.6) is 0 Å². The largest absolute Gasteiger partial charge is 0.342 e. The normalized spacial score (nSPS) is 25.3. The van der Waals surface area contributed by atoms with Crippen LogP contribution in [-0.4, -0.2) is 37.5 Å². The Bertz CT molecular complexity index is 240. The van der Waals surface area contributed by atoms with E-state index in [9.17, 15) is 4.79 Å². The second-order valence-electron chi connectivity index (χ2n) is 5.29. The summed E-state index contributed by atoms with van der Waals surface area (Å²) in [4.78, 5) is 14.4. The van der Waals surface area contributed by atoms with Gasteiger partial charge in [-0.3, -0.25) is 4.79 Å². The third-order valence-electron chi connectivity index (χ3n) is 3.89. The Kier molecular flexibility index (Phi) is 3.01. The molecule has 0 unspecified atom stereocenters. The van der Waals surface area contributed by atoms with E-state index in [1.165, 1.54) is 12.8 Å². The molecule has 1 heterocycles. The van der Waals surface area contributed by atoms with E-state index in [1.807, 2.05) is 7.05 Å². The summed E-state index contributed by atoms with van der Waals surface area (Å²) in [7, 11) is 1.94. The maximum Gasteiger partial charge on any atom is 0.230 e. The Morgan fingerprint density at radius 2 is 2.00 bits per heavy atom. The number of rotatable bonds is 3. The second kappa shape index (κ2) is 4.12. The Morgan fingerprint density at radius 3 is 2.47 bits per heavy atom. The number of hydrogen-bond acceptors (Lipinski definition) is 2. The summed E-state index contributed by atoms with van der Waals surface area (Å²) in [6.07, 6.45) is 4.53. The molecule has 1 aliphatic heterocycles. The number of amides is 1. The molecule has 15 heavy (non-hydrogen) atoms. The number of hydrogen-bond donors (Lipinski definition) is 1. The molecule has 0 bridgehead atoms. The van der Waals surface area contributed by atoms with E-state index in [2.05, 4.69) is 17.1 Å². The minimum absolute atomic E-state index is 0.0185. The van der Waals surface area contributed by atoms with Gasteiger partial charge in [0.1, 0.15) is 0 Å². The van der Waals surface area contributed by atoms with E-state index in [4.69, 9.17) is 0 Å². The number of piperidine rings is 1. The summed E-state index contributed by atoms with van der Waals surface area (Å²) < 4.78 is 0. The molecule has 1 saturated heterocycles. The molecule has 0 aromatic carbocycles. The van der Waals surface area contributed by atoms with Gasteiger partial charge in [0.2, 0.25) is 5.91 Å². The molecule has 2 fully saturated rings. The molecule has 3 heteroatoms. The number of carbonyl (C=O) groups excluding carboxylic acids is 1. The molecule has 3 nitrogen and oxygen atoms in total. The fourth-order valence-corrected chi connectivity index (χ4v) is 2.50. The van der Waals surface area contributed by atoms with Crippen LogP contribution >= 0.6 is 0 Å². The van der Waals surface area contributed by atoms with E-state index in [0.717, 1.165) is 38.4 Å². The third-order valence-corrected chi connectivity index (χ3v) is 3.89. The van der Waals surface area contributed by atoms with Gasteiger partial charge >= 0.3 is 0 Å². The van der Waals surface area contributed by atoms with Crippen LogP contribution in [0, 0.1) is 11.3 Å². The highest BCUT2D eigenvalue weighted by Crippen LogP contribution is 2.47. The Morgan fingerprint density at radius 1 is 1.40 bits per heavy atom. The first kappa shape index (κ1) is 10.9. The van der Waals surface area contributed by atoms with Gasteiger partial charge in [0.15, 0.2) is 0 Å². The van der Waals surface area contributed by atoms with Crippen molar-refractivity contribution in [3.05, 3.63) is 0 Å². The number of nitrogens with one attached hydrogen (secondary N) is 1. The van der Waals surface area contributed by atoms with E-state index in [1.54, 1.807) is 0 Å². The van der Waals surface area contributed by atoms with Crippen LogP contribution in [0.4, 0.5) is 0 Å². The Balaban J connectivity index is 1.91. The van der Waals surface area contributed by atoms with Crippen molar-refractivity contribution in [1.29, 1.82) is 0 Å². The lowest BCUT2D eigenvalue weighted by Gasteiger charge is -2.33. The van der Waals surface area contributed by atoms with Crippen molar-refractivity contribution in [2.45, 2.75) is 32.6 Å². The first-order valence-electron chi connectivity index (χ1n) is 6.12. The Labute approximate surface area is 92.2 Å². The van der Waals surface area contributed by atoms with Gasteiger partial charge in [-0.05, 0) is 38.6 Å². The second-order valence-corrected chi connectivity index (χ2v) is 5.29. The highest BCUT2D eigenvalue weighted by atomic mass is 16.2. The molecule has 2 aliphatic rings. The first-order valence-corrected chi connectivity index (χ1v) is 6.12. The summed E-state index contributed by atoms with van der Waals surface area (Å²) in [5.74, 6) is 1.21. The monoisotopic (exact) mass is 210 g/mol. The molecular formula is C12H22N2O. The molecule has 1 saturated carbocycles. The van der Waals surface area contributed by atoms with Gasteiger partial charge in [0, 0.05) is 19.6 Å². The summed E-state index contributed by atoms with van der Waals surface area (Å²) in [6.45, 7) is 5.09. The van der Waals surface area contributed by atoms with Gasteiger partial charge in [-0.15, -0.1) is 0 Å². The molecule has 0 atom stereocenters. The topological polar surface area (TPSA) is 32.3 Å². The van der Waals surface area contributed by atoms with Crippen molar-refractivity contribution in [1.82, 2.24) is 10.2 Å². The number of carbonyl (C=O) groups is 1. The Hall–Kier alpha value is -0.570. The van der Waals surface area contributed by atoms with E-state index < -0.39 is 0 Å². The number of nitrogens with zero attached hydrogens (tertiary/aromatic N) is 1. The van der Waals surface area contributed by atoms with Crippen LogP contribution in [0.3, 0.4) is 0 Å². The minimum Gasteiger partial charge on any atom is -0.342 e. The van der Waals surface area contributed by atoms with E-state index in [0.29, 0.717) is 5.91 Å². The van der Waals surface area contributed by atoms with Gasteiger partial charge in [0.25, 0.3) is 0 Å². The van der Waals surface area contributed by atoms with Crippen LogP contribution < -0.4 is 5.32 Å². The third kappa shape index (κ3) is 2.17. The highest BCUT2D eigenvalue weighted by molar-refractivity contribution is 5.85. The standard InChI is InChI=1S/C12H22N2O/c1-10-3-7-14(8-4-10)11(15)12(5-6-12)9-13-2/h10,13H,3-9H2,1-2H3. The van der Waals surface area contributed by atoms with Crippen LogP contribution in [-0.2, 0) is 4.79 Å². The molecule has 86 valence electrons. The van der Waals surface area contributed by atoms with Crippen LogP contribution in [0.1, 0.15) is 32.6 Å². The average Bonchev–Trinajstić information content (AvgIpc) is 3.00. The molecule has 0 radical (unpaired) electrons. The van der Waals surface area contributed by atoms with E-state index in [-0.39, 0.29) is 5.41 Å². The average molecular weight is 210 g/mol. The van der Waals surface area contributed by atoms with Crippen molar-refractivity contribution in [2.75, 3.05) is 26.7 Å². The predicted molar refractivity (Wildman–Crippen MR) is 60.6 cm³/mol. The van der Waals surface area contributed by atoms with Gasteiger partial charge in [0.05, 0.1) is 5.41 Å². The molecule has 0 aromatic heterocycles. The SMILES string of the molecule is CNCC1(C(=O)N2CCC(C)CC2)CC1. The zero-order valence-corrected chi connectivity index (χ0v) is 9.88. The van der Waals surface area contributed by atoms with Gasteiger partial charge in [-0.25, -0.2) is 0 Å². The number of likely N-dealkylation sites (tertiary alicyclic amines) is 1. The fraction of sp³-hybridized carbons (Fsp3) is 0.917. The fourth-order valence-electron chi connectivity index (χ4n) is 2.50. The van der Waals surface area contributed by atoms with Crippen LogP contribution in [0.25, 0.3) is 0 Å². The summed E-state index contributed by atoms with van der Waals surface area (Å²) in [6, 6.07) is 0. The first-order chi connectivity index (χ1) is 7.18. The van der Waals surface area contributed by atoms with Crippen molar-refractivity contribution in [2.24, 2.45) is 11.3 Å². The minimum atomic E-state index is -0.0185. The lowest BCUT2D eigenvalue weighted by Crippen LogP contribution is -2.44. The highest BCUT2D eigenvalue weighted by Gasteiger charge is 2.51. The van der Waals surface area contributed by atoms with Gasteiger partial charge in [-0.1, -0.05) is 6.92 Å². The van der Waals surface area contributed by atoms with Crippen molar-refractivity contribution < 1.29 is 4.79 Å². The molecule has 1 amide bonds. The summed E-state index contributed by atoms with van der Waals surface area (Å²) in [5.41, 5.74) is -0.0185. The van der Waals surface area contributed by atoms with Crippen molar-refractivity contribution >= 4 is 5.91 Å². The quantitative estimate of drug-likeness (QED) is 0.760. The predicted octanol–water partition coefficient (Wildman–Crippen LogP) is 1.24. The zero-order valence-electron chi connectivity index (χ0n) is 9.88. The smallest absolute Gasteiger partial charge is 0.230 e. The van der Waals surface area contributed by atoms with Gasteiger partial charge in [-0.2, -0.15) is 0 Å². The van der Waals surface area contributed by atoms with Crippen molar-refractivity contribution in [3.63, 3.8) is 0 Å². The molecule has 1 aliphatic carbocycles. The molecule has 2 rings (SSSR count). The summed E-state index contributed by atoms with van der Waals surface area (Å²) >= 11 is 0. The molecular weight excluding hydrogens is 188 g/mol. The maximum absolute atomic E-state index is 12.3. The molecule has 0 spiro atoms. The molecule has 1 N–H and O–H groups in total. The van der Waals surface area contributed by atoms with Crippen LogP contribution in [0.15, 0.2) is 0 Å². The van der Waals surface area contributed by atoms with Crippen LogP contribution in [0.2, 0.25) is 0 Å². The summed E-state index contributed by atoms with van der Waals surface area (Å²) in [5, 5.41) is 3.15.